The van der Waals surface area contributed by atoms with Crippen LogP contribution in [0.3, 0.4) is 0 Å². The van der Waals surface area contributed by atoms with E-state index in [0.717, 1.165) is 5.56 Å². The molecule has 1 heterocycles. The summed E-state index contributed by atoms with van der Waals surface area (Å²) in [5.74, 6) is 0.732. The predicted molar refractivity (Wildman–Crippen MR) is 67.1 cm³/mol. The van der Waals surface area contributed by atoms with Gasteiger partial charge in [0, 0.05) is 11.8 Å². The summed E-state index contributed by atoms with van der Waals surface area (Å²) in [6.07, 6.45) is 0. The summed E-state index contributed by atoms with van der Waals surface area (Å²) in [4.78, 5) is 0. The van der Waals surface area contributed by atoms with Gasteiger partial charge in [-0.1, -0.05) is 6.07 Å². The molecule has 0 atom stereocenters. The van der Waals surface area contributed by atoms with Crippen LogP contribution >= 0.6 is 0 Å². The van der Waals surface area contributed by atoms with E-state index < -0.39 is 0 Å². The number of nitriles is 1. The van der Waals surface area contributed by atoms with Crippen molar-refractivity contribution in [2.24, 2.45) is 0 Å². The first-order valence-electron chi connectivity index (χ1n) is 5.39. The van der Waals surface area contributed by atoms with E-state index in [2.05, 4.69) is 16.3 Å². The van der Waals surface area contributed by atoms with E-state index in [1.165, 1.54) is 0 Å². The van der Waals surface area contributed by atoms with Crippen molar-refractivity contribution in [3.8, 4) is 17.7 Å². The summed E-state index contributed by atoms with van der Waals surface area (Å²) in [5.41, 5.74) is 8.12. The number of nitrogens with zero attached hydrogens (tertiary/aromatic N) is 3. The van der Waals surface area contributed by atoms with Gasteiger partial charge in [-0.05, 0) is 31.5 Å². The Labute approximate surface area is 105 Å². The standard InChI is InChI=1S/C13H12N4O/c1-8-9(2)16-17-13(12(8)7-14)18-11-5-3-4-10(15)6-11/h3-6H,15H2,1-2H3. The van der Waals surface area contributed by atoms with Gasteiger partial charge in [0.25, 0.3) is 5.88 Å². The van der Waals surface area contributed by atoms with E-state index in [1.807, 2.05) is 6.92 Å². The number of aromatic nitrogens is 2. The van der Waals surface area contributed by atoms with Crippen molar-refractivity contribution in [2.75, 3.05) is 5.73 Å². The number of ether oxygens (including phenoxy) is 1. The van der Waals surface area contributed by atoms with Crippen LogP contribution < -0.4 is 10.5 Å². The van der Waals surface area contributed by atoms with E-state index in [-0.39, 0.29) is 5.88 Å². The van der Waals surface area contributed by atoms with Gasteiger partial charge in [-0.15, -0.1) is 5.10 Å². The number of hydrogen-bond donors (Lipinski definition) is 1. The lowest BCUT2D eigenvalue weighted by atomic mass is 10.1. The molecule has 0 saturated carbocycles. The minimum Gasteiger partial charge on any atom is -0.436 e. The van der Waals surface area contributed by atoms with Crippen LogP contribution in [0, 0.1) is 25.2 Å². The third-order valence-corrected chi connectivity index (χ3v) is 2.61. The fraction of sp³-hybridized carbons (Fsp3) is 0.154. The van der Waals surface area contributed by atoms with Gasteiger partial charge in [0.05, 0.1) is 5.69 Å². The second kappa shape index (κ2) is 4.72. The third-order valence-electron chi connectivity index (χ3n) is 2.61. The van der Waals surface area contributed by atoms with E-state index >= 15 is 0 Å². The molecule has 2 aromatic rings. The van der Waals surface area contributed by atoms with E-state index in [9.17, 15) is 0 Å². The van der Waals surface area contributed by atoms with E-state index in [4.69, 9.17) is 15.7 Å². The van der Waals surface area contributed by atoms with Gasteiger partial charge in [0.2, 0.25) is 0 Å². The fourth-order valence-electron chi connectivity index (χ4n) is 1.48. The molecule has 0 spiro atoms. The zero-order valence-corrected chi connectivity index (χ0v) is 10.1. The summed E-state index contributed by atoms with van der Waals surface area (Å²) in [6.45, 7) is 3.61. The lowest BCUT2D eigenvalue weighted by Gasteiger charge is -2.08. The van der Waals surface area contributed by atoms with Crippen LogP contribution in [0.15, 0.2) is 24.3 Å². The topological polar surface area (TPSA) is 84.8 Å². The first-order chi connectivity index (χ1) is 8.61. The average Bonchev–Trinajstić information content (AvgIpc) is 2.34. The Hall–Kier alpha value is -2.61. The molecule has 0 aliphatic carbocycles. The molecule has 0 aliphatic rings. The predicted octanol–water partition coefficient (Wildman–Crippen LogP) is 2.34. The second-order valence-electron chi connectivity index (χ2n) is 3.88. The second-order valence-corrected chi connectivity index (χ2v) is 3.88. The first-order valence-corrected chi connectivity index (χ1v) is 5.39. The van der Waals surface area contributed by atoms with Gasteiger partial charge < -0.3 is 10.5 Å². The highest BCUT2D eigenvalue weighted by molar-refractivity contribution is 5.49. The highest BCUT2D eigenvalue weighted by Gasteiger charge is 2.12. The molecule has 0 amide bonds. The van der Waals surface area contributed by atoms with Gasteiger partial charge in [-0.25, -0.2) is 0 Å². The highest BCUT2D eigenvalue weighted by atomic mass is 16.5. The lowest BCUT2D eigenvalue weighted by molar-refractivity contribution is 0.452. The summed E-state index contributed by atoms with van der Waals surface area (Å²) in [6, 6.07) is 9.01. The zero-order chi connectivity index (χ0) is 13.1. The van der Waals surface area contributed by atoms with Crippen LogP contribution in [0.2, 0.25) is 0 Å². The molecule has 0 bridgehead atoms. The van der Waals surface area contributed by atoms with Crippen LogP contribution in [0.5, 0.6) is 11.6 Å². The molecular formula is C13H12N4O. The third kappa shape index (κ3) is 2.23. The summed E-state index contributed by atoms with van der Waals surface area (Å²) in [5, 5.41) is 17.0. The van der Waals surface area contributed by atoms with Crippen molar-refractivity contribution >= 4 is 5.69 Å². The first kappa shape index (κ1) is 11.9. The molecular weight excluding hydrogens is 228 g/mol. The quantitative estimate of drug-likeness (QED) is 0.814. The van der Waals surface area contributed by atoms with Crippen LogP contribution in [-0.4, -0.2) is 10.2 Å². The van der Waals surface area contributed by atoms with Crippen molar-refractivity contribution in [2.45, 2.75) is 13.8 Å². The van der Waals surface area contributed by atoms with Crippen molar-refractivity contribution < 1.29 is 4.74 Å². The van der Waals surface area contributed by atoms with Crippen LogP contribution in [0.25, 0.3) is 0 Å². The maximum atomic E-state index is 9.13. The number of aryl methyl sites for hydroxylation is 1. The maximum absolute atomic E-state index is 9.13. The van der Waals surface area contributed by atoms with Gasteiger partial charge >= 0.3 is 0 Å². The van der Waals surface area contributed by atoms with Gasteiger partial charge in [0.15, 0.2) is 0 Å². The Morgan fingerprint density at radius 3 is 2.72 bits per heavy atom. The number of nitrogen functional groups attached to an aromatic ring is 1. The average molecular weight is 240 g/mol. The molecule has 0 aliphatic heterocycles. The Morgan fingerprint density at radius 2 is 2.06 bits per heavy atom. The van der Waals surface area contributed by atoms with E-state index in [0.29, 0.717) is 22.7 Å². The monoisotopic (exact) mass is 240 g/mol. The fourth-order valence-corrected chi connectivity index (χ4v) is 1.48. The Balaban J connectivity index is 2.42. The largest absolute Gasteiger partial charge is 0.436 e. The summed E-state index contributed by atoms with van der Waals surface area (Å²) in [7, 11) is 0. The van der Waals surface area contributed by atoms with Crippen molar-refractivity contribution in [3.05, 3.63) is 41.1 Å². The number of rotatable bonds is 2. The minimum atomic E-state index is 0.200. The molecule has 0 radical (unpaired) electrons. The summed E-state index contributed by atoms with van der Waals surface area (Å²) >= 11 is 0. The van der Waals surface area contributed by atoms with Gasteiger partial charge in [-0.2, -0.15) is 10.4 Å². The molecule has 5 heteroatoms. The smallest absolute Gasteiger partial charge is 0.257 e. The van der Waals surface area contributed by atoms with E-state index in [1.54, 1.807) is 31.2 Å². The molecule has 1 aromatic carbocycles. The molecule has 0 unspecified atom stereocenters. The zero-order valence-electron chi connectivity index (χ0n) is 10.1. The minimum absolute atomic E-state index is 0.200. The molecule has 5 nitrogen and oxygen atoms in total. The van der Waals surface area contributed by atoms with Crippen molar-refractivity contribution in [3.63, 3.8) is 0 Å². The number of hydrogen-bond acceptors (Lipinski definition) is 5. The van der Waals surface area contributed by atoms with Gasteiger partial charge in [-0.3, -0.25) is 0 Å². The Morgan fingerprint density at radius 1 is 1.28 bits per heavy atom. The molecule has 0 fully saturated rings. The lowest BCUT2D eigenvalue weighted by Crippen LogP contribution is -2.00. The molecule has 18 heavy (non-hydrogen) atoms. The Kier molecular flexibility index (Phi) is 3.11. The number of nitrogens with two attached hydrogens (primary N) is 1. The van der Waals surface area contributed by atoms with Crippen LogP contribution in [-0.2, 0) is 0 Å². The number of benzene rings is 1. The molecule has 0 saturated heterocycles. The number of anilines is 1. The summed E-state index contributed by atoms with van der Waals surface area (Å²) < 4.78 is 5.54. The van der Waals surface area contributed by atoms with Crippen LogP contribution in [0.1, 0.15) is 16.8 Å². The molecule has 1 aromatic heterocycles. The van der Waals surface area contributed by atoms with Crippen molar-refractivity contribution in [1.82, 2.24) is 10.2 Å². The maximum Gasteiger partial charge on any atom is 0.257 e. The molecule has 2 rings (SSSR count). The SMILES string of the molecule is Cc1nnc(Oc2cccc(N)c2)c(C#N)c1C. The normalized spacial score (nSPS) is 9.83. The highest BCUT2D eigenvalue weighted by Crippen LogP contribution is 2.26. The van der Waals surface area contributed by atoms with Crippen LogP contribution in [0.4, 0.5) is 5.69 Å². The molecule has 2 N–H and O–H groups in total. The molecule has 90 valence electrons. The van der Waals surface area contributed by atoms with Gasteiger partial charge in [0.1, 0.15) is 17.4 Å². The Bertz CT molecular complexity index is 631. The van der Waals surface area contributed by atoms with Crippen molar-refractivity contribution in [1.29, 1.82) is 5.26 Å².